The Morgan fingerprint density at radius 2 is 1.60 bits per heavy atom. The number of carbonyl (C=O) groups excluding carboxylic acids is 3. The van der Waals surface area contributed by atoms with Gasteiger partial charge in [0.1, 0.15) is 10.6 Å². The van der Waals surface area contributed by atoms with Crippen molar-refractivity contribution in [3.8, 4) is 5.75 Å². The Morgan fingerprint density at radius 1 is 0.867 bits per heavy atom. The van der Waals surface area contributed by atoms with E-state index in [2.05, 4.69) is 25.7 Å². The van der Waals surface area contributed by atoms with Crippen molar-refractivity contribution in [3.05, 3.63) is 108 Å². The molecule has 1 aromatic heterocycles. The summed E-state index contributed by atoms with van der Waals surface area (Å²) in [5, 5.41) is 8.36. The number of nitrogens with one attached hydrogen (secondary N) is 4. The van der Waals surface area contributed by atoms with E-state index in [1.165, 1.54) is 38.7 Å². The van der Waals surface area contributed by atoms with Crippen LogP contribution < -0.4 is 25.4 Å². The highest BCUT2D eigenvalue weighted by Crippen LogP contribution is 2.27. The SMILES string of the molecule is COC(=O)C[C@@H](NS(=O)(=O)c1cccnc1)c1ccc(NC(=O)Cc2ccc(NC(=O)Nc3ccccc3C)c(OC)c2)cc1. The number of para-hydroxylation sites is 1. The van der Waals surface area contributed by atoms with Crippen LogP contribution in [0.15, 0.2) is 96.2 Å². The van der Waals surface area contributed by atoms with Crippen LogP contribution in [0.1, 0.15) is 29.2 Å². The van der Waals surface area contributed by atoms with E-state index in [4.69, 9.17) is 9.47 Å². The molecule has 4 N–H and O–H groups in total. The quantitative estimate of drug-likeness (QED) is 0.162. The molecule has 0 saturated carbocycles. The molecule has 0 bridgehead atoms. The topological polar surface area (TPSA) is 165 Å². The van der Waals surface area contributed by atoms with Gasteiger partial charge in [-0.25, -0.2) is 17.9 Å². The molecule has 4 rings (SSSR count). The largest absolute Gasteiger partial charge is 0.495 e. The van der Waals surface area contributed by atoms with Gasteiger partial charge in [-0.2, -0.15) is 0 Å². The molecule has 234 valence electrons. The molecule has 13 heteroatoms. The van der Waals surface area contributed by atoms with E-state index >= 15 is 0 Å². The lowest BCUT2D eigenvalue weighted by molar-refractivity contribution is -0.141. The Hall–Kier alpha value is -5.27. The summed E-state index contributed by atoms with van der Waals surface area (Å²) in [6.45, 7) is 1.89. The minimum atomic E-state index is -3.98. The molecule has 4 aromatic rings. The lowest BCUT2D eigenvalue weighted by Gasteiger charge is -2.19. The van der Waals surface area contributed by atoms with E-state index in [1.54, 1.807) is 48.5 Å². The van der Waals surface area contributed by atoms with Crippen LogP contribution in [0, 0.1) is 6.92 Å². The number of carbonyl (C=O) groups is 3. The fraction of sp³-hybridized carbons (Fsp3) is 0.188. The average Bonchev–Trinajstić information content (AvgIpc) is 3.03. The van der Waals surface area contributed by atoms with Gasteiger partial charge in [-0.3, -0.25) is 14.6 Å². The molecule has 0 fully saturated rings. The number of pyridine rings is 1. The maximum absolute atomic E-state index is 12.9. The highest BCUT2D eigenvalue weighted by molar-refractivity contribution is 7.89. The number of aromatic nitrogens is 1. The summed E-state index contributed by atoms with van der Waals surface area (Å²) in [6, 6.07) is 20.4. The van der Waals surface area contributed by atoms with Crippen LogP contribution in [-0.4, -0.2) is 45.5 Å². The van der Waals surface area contributed by atoms with Crippen LogP contribution in [0.25, 0.3) is 0 Å². The minimum Gasteiger partial charge on any atom is -0.495 e. The van der Waals surface area contributed by atoms with E-state index in [1.807, 2.05) is 25.1 Å². The first-order chi connectivity index (χ1) is 21.6. The third kappa shape index (κ3) is 9.11. The van der Waals surface area contributed by atoms with Gasteiger partial charge in [-0.05, 0) is 66.1 Å². The van der Waals surface area contributed by atoms with Crippen LogP contribution in [0.5, 0.6) is 5.75 Å². The smallest absolute Gasteiger partial charge is 0.323 e. The molecular formula is C32H33N5O7S. The molecule has 0 aliphatic carbocycles. The van der Waals surface area contributed by atoms with Gasteiger partial charge < -0.3 is 25.4 Å². The Kier molecular flexibility index (Phi) is 10.8. The molecule has 0 aliphatic heterocycles. The Bertz CT molecular complexity index is 1760. The molecule has 0 unspecified atom stereocenters. The van der Waals surface area contributed by atoms with E-state index in [9.17, 15) is 22.8 Å². The summed E-state index contributed by atoms with van der Waals surface area (Å²) in [6.07, 6.45) is 2.43. The number of benzene rings is 3. The lowest BCUT2D eigenvalue weighted by atomic mass is 10.0. The first kappa shape index (κ1) is 32.6. The molecule has 45 heavy (non-hydrogen) atoms. The second kappa shape index (κ2) is 14.9. The minimum absolute atomic E-state index is 0.0175. The number of hydrogen-bond donors (Lipinski definition) is 4. The van der Waals surface area contributed by atoms with Gasteiger partial charge >= 0.3 is 12.0 Å². The highest BCUT2D eigenvalue weighted by atomic mass is 32.2. The first-order valence-electron chi connectivity index (χ1n) is 13.8. The van der Waals surface area contributed by atoms with Gasteiger partial charge in [0, 0.05) is 23.8 Å². The van der Waals surface area contributed by atoms with E-state index in [0.29, 0.717) is 33.9 Å². The number of ether oxygens (including phenoxy) is 2. The second-order valence-electron chi connectivity index (χ2n) is 9.92. The zero-order valence-electron chi connectivity index (χ0n) is 24.9. The Labute approximate surface area is 261 Å². The number of anilines is 3. The summed E-state index contributed by atoms with van der Waals surface area (Å²) in [5.74, 6) is -0.531. The normalized spacial score (nSPS) is 11.6. The first-order valence-corrected chi connectivity index (χ1v) is 15.3. The van der Waals surface area contributed by atoms with Crippen molar-refractivity contribution in [2.75, 3.05) is 30.2 Å². The third-order valence-electron chi connectivity index (χ3n) is 6.71. The molecule has 1 atom stereocenters. The zero-order chi connectivity index (χ0) is 32.4. The van der Waals surface area contributed by atoms with Gasteiger partial charge in [0.2, 0.25) is 15.9 Å². The van der Waals surface area contributed by atoms with Crippen LogP contribution in [0.3, 0.4) is 0 Å². The molecule has 0 saturated heterocycles. The van der Waals surface area contributed by atoms with Crippen molar-refractivity contribution in [2.24, 2.45) is 0 Å². The van der Waals surface area contributed by atoms with Crippen LogP contribution in [0.4, 0.5) is 21.9 Å². The van der Waals surface area contributed by atoms with Crippen LogP contribution >= 0.6 is 0 Å². The predicted molar refractivity (Wildman–Crippen MR) is 170 cm³/mol. The van der Waals surface area contributed by atoms with Gasteiger partial charge in [-0.15, -0.1) is 0 Å². The van der Waals surface area contributed by atoms with Crippen molar-refractivity contribution >= 4 is 45.0 Å². The second-order valence-corrected chi connectivity index (χ2v) is 11.6. The predicted octanol–water partition coefficient (Wildman–Crippen LogP) is 4.81. The van der Waals surface area contributed by atoms with Gasteiger partial charge in [0.15, 0.2) is 0 Å². The summed E-state index contributed by atoms with van der Waals surface area (Å²) in [7, 11) is -1.30. The summed E-state index contributed by atoms with van der Waals surface area (Å²) in [5.41, 5.74) is 3.64. The number of hydrogen-bond acceptors (Lipinski definition) is 8. The highest BCUT2D eigenvalue weighted by Gasteiger charge is 2.24. The van der Waals surface area contributed by atoms with E-state index in [-0.39, 0.29) is 23.6 Å². The molecule has 1 heterocycles. The van der Waals surface area contributed by atoms with Gasteiger partial charge in [0.25, 0.3) is 0 Å². The molecule has 3 aromatic carbocycles. The number of aryl methyl sites for hydroxylation is 1. The standard InChI is InChI=1S/C32H33N5O7S/c1-21-7-4-5-9-26(21)35-32(40)36-27-15-10-22(17-29(27)43-2)18-30(38)34-24-13-11-23(12-14-24)28(19-31(39)44-3)37-45(41,42)25-8-6-16-33-20-25/h4-17,20,28,37H,18-19H2,1-3H3,(H,34,38)(H2,35,36,40)/t28-/m1/s1. The number of amides is 3. The van der Waals surface area contributed by atoms with Crippen LogP contribution in [0.2, 0.25) is 0 Å². The molecule has 12 nitrogen and oxygen atoms in total. The number of sulfonamides is 1. The number of methoxy groups -OCH3 is 2. The molecule has 0 radical (unpaired) electrons. The summed E-state index contributed by atoms with van der Waals surface area (Å²) < 4.78 is 38.5. The monoisotopic (exact) mass is 631 g/mol. The van der Waals surface area contributed by atoms with E-state index < -0.39 is 28.1 Å². The molecular weight excluding hydrogens is 598 g/mol. The summed E-state index contributed by atoms with van der Waals surface area (Å²) >= 11 is 0. The number of rotatable bonds is 12. The van der Waals surface area contributed by atoms with E-state index in [0.717, 1.165) is 5.56 Å². The third-order valence-corrected chi connectivity index (χ3v) is 8.17. The maximum Gasteiger partial charge on any atom is 0.323 e. The zero-order valence-corrected chi connectivity index (χ0v) is 25.7. The fourth-order valence-electron chi connectivity index (χ4n) is 4.37. The van der Waals surface area contributed by atoms with Crippen molar-refractivity contribution in [1.29, 1.82) is 0 Å². The summed E-state index contributed by atoms with van der Waals surface area (Å²) in [4.78, 5) is 41.2. The van der Waals surface area contributed by atoms with Crippen molar-refractivity contribution < 1.29 is 32.3 Å². The van der Waals surface area contributed by atoms with Gasteiger partial charge in [0.05, 0.1) is 38.8 Å². The van der Waals surface area contributed by atoms with Crippen molar-refractivity contribution in [2.45, 2.75) is 30.7 Å². The van der Waals surface area contributed by atoms with Gasteiger partial charge in [-0.1, -0.05) is 36.4 Å². The molecule has 0 spiro atoms. The van der Waals surface area contributed by atoms with Crippen molar-refractivity contribution in [1.82, 2.24) is 9.71 Å². The number of nitrogens with zero attached hydrogens (tertiary/aromatic N) is 1. The van der Waals surface area contributed by atoms with Crippen LogP contribution in [-0.2, 0) is 30.8 Å². The number of esters is 1. The molecule has 0 aliphatic rings. The fourth-order valence-corrected chi connectivity index (χ4v) is 5.55. The molecule has 3 amide bonds. The number of urea groups is 1. The van der Waals surface area contributed by atoms with Crippen molar-refractivity contribution in [3.63, 3.8) is 0 Å². The maximum atomic E-state index is 12.9. The Morgan fingerprint density at radius 3 is 2.27 bits per heavy atom. The lowest BCUT2D eigenvalue weighted by Crippen LogP contribution is -2.30. The Balaban J connectivity index is 1.39. The average molecular weight is 632 g/mol.